The minimum Gasteiger partial charge on any atom is -0.486 e. The van der Waals surface area contributed by atoms with Crippen LogP contribution >= 0.6 is 23.2 Å². The first-order chi connectivity index (χ1) is 15.6. The average molecular weight is 468 g/mol. The molecule has 0 saturated carbocycles. The second kappa shape index (κ2) is 8.73. The predicted molar refractivity (Wildman–Crippen MR) is 125 cm³/mol. The van der Waals surface area contributed by atoms with Crippen LogP contribution in [0.1, 0.15) is 23.6 Å². The molecule has 162 valence electrons. The number of amides is 2. The van der Waals surface area contributed by atoms with E-state index in [2.05, 4.69) is 10.4 Å². The first-order valence-electron chi connectivity index (χ1n) is 10.2. The van der Waals surface area contributed by atoms with Crippen LogP contribution in [0.3, 0.4) is 0 Å². The highest BCUT2D eigenvalue weighted by molar-refractivity contribution is 6.31. The lowest BCUT2D eigenvalue weighted by Gasteiger charge is -2.23. The molecular weight excluding hydrogens is 449 g/mol. The van der Waals surface area contributed by atoms with Crippen molar-refractivity contribution in [2.45, 2.75) is 12.5 Å². The normalized spacial score (nSPS) is 17.1. The fourth-order valence-corrected chi connectivity index (χ4v) is 4.01. The Balaban J connectivity index is 1.43. The number of urea groups is 1. The standard InChI is InChI=1S/C24H19Cl2N3O3/c25-17-5-1-15(2-6-17)20-14-21(16-3-7-18(26)8-4-16)29(28-20)24(30)27-19-9-10-22-23(13-19)32-12-11-31-22/h1-10,13,21H,11-12,14H2,(H,27,30). The zero-order valence-corrected chi connectivity index (χ0v) is 18.4. The summed E-state index contributed by atoms with van der Waals surface area (Å²) in [5, 5.41) is 10.3. The number of nitrogens with one attached hydrogen (secondary N) is 1. The van der Waals surface area contributed by atoms with E-state index >= 15 is 0 Å². The minimum absolute atomic E-state index is 0.268. The van der Waals surface area contributed by atoms with Crippen LogP contribution in [0.2, 0.25) is 10.0 Å². The molecule has 1 atom stereocenters. The Hall–Kier alpha value is -3.22. The Kier molecular flexibility index (Phi) is 5.64. The molecule has 5 rings (SSSR count). The number of anilines is 1. The van der Waals surface area contributed by atoms with Gasteiger partial charge in [-0.3, -0.25) is 0 Å². The number of fused-ring (bicyclic) bond motifs is 1. The molecule has 0 aromatic heterocycles. The average Bonchev–Trinajstić information content (AvgIpc) is 3.25. The molecule has 6 nitrogen and oxygen atoms in total. The molecule has 2 heterocycles. The van der Waals surface area contributed by atoms with Gasteiger partial charge in [-0.1, -0.05) is 47.5 Å². The molecule has 0 spiro atoms. The third kappa shape index (κ3) is 4.24. The maximum Gasteiger partial charge on any atom is 0.342 e. The highest BCUT2D eigenvalue weighted by Gasteiger charge is 2.33. The number of nitrogens with zero attached hydrogens (tertiary/aromatic N) is 2. The highest BCUT2D eigenvalue weighted by atomic mass is 35.5. The van der Waals surface area contributed by atoms with E-state index in [4.69, 9.17) is 32.7 Å². The molecule has 32 heavy (non-hydrogen) atoms. The van der Waals surface area contributed by atoms with Crippen LogP contribution in [0.4, 0.5) is 10.5 Å². The number of benzene rings is 3. The lowest BCUT2D eigenvalue weighted by atomic mass is 9.98. The van der Waals surface area contributed by atoms with Crippen LogP contribution in [0.5, 0.6) is 11.5 Å². The number of carbonyl (C=O) groups excluding carboxylic acids is 1. The summed E-state index contributed by atoms with van der Waals surface area (Å²) in [5.41, 5.74) is 3.27. The van der Waals surface area contributed by atoms with Crippen molar-refractivity contribution in [3.63, 3.8) is 0 Å². The third-order valence-electron chi connectivity index (χ3n) is 5.34. The van der Waals surface area contributed by atoms with E-state index in [1.807, 2.05) is 48.5 Å². The van der Waals surface area contributed by atoms with Gasteiger partial charge in [0.15, 0.2) is 11.5 Å². The molecular formula is C24H19Cl2N3O3. The SMILES string of the molecule is O=C(Nc1ccc2c(c1)OCCO2)N1N=C(c2ccc(Cl)cc2)CC1c1ccc(Cl)cc1. The molecule has 1 unspecified atom stereocenters. The van der Waals surface area contributed by atoms with Crippen molar-refractivity contribution in [1.82, 2.24) is 5.01 Å². The zero-order chi connectivity index (χ0) is 22.1. The summed E-state index contributed by atoms with van der Waals surface area (Å²) in [5.74, 6) is 1.27. The van der Waals surface area contributed by atoms with Crippen molar-refractivity contribution in [2.75, 3.05) is 18.5 Å². The summed E-state index contributed by atoms with van der Waals surface area (Å²) in [4.78, 5) is 13.3. The molecule has 2 aliphatic rings. The Bertz CT molecular complexity index is 1180. The summed E-state index contributed by atoms with van der Waals surface area (Å²) in [6.07, 6.45) is 0.567. The van der Waals surface area contributed by atoms with E-state index in [9.17, 15) is 4.79 Å². The Morgan fingerprint density at radius 3 is 2.28 bits per heavy atom. The number of hydrogen-bond acceptors (Lipinski definition) is 4. The van der Waals surface area contributed by atoms with Gasteiger partial charge in [0.25, 0.3) is 0 Å². The van der Waals surface area contributed by atoms with E-state index in [1.54, 1.807) is 18.2 Å². The molecule has 2 aliphatic heterocycles. The van der Waals surface area contributed by atoms with Gasteiger partial charge in [0, 0.05) is 28.2 Å². The molecule has 3 aromatic rings. The van der Waals surface area contributed by atoms with Gasteiger partial charge in [0.1, 0.15) is 13.2 Å². The number of hydrogen-bond donors (Lipinski definition) is 1. The number of rotatable bonds is 3. The van der Waals surface area contributed by atoms with Gasteiger partial charge in [0.2, 0.25) is 0 Å². The van der Waals surface area contributed by atoms with Crippen molar-refractivity contribution >= 4 is 40.6 Å². The molecule has 1 N–H and O–H groups in total. The van der Waals surface area contributed by atoms with Crippen molar-refractivity contribution < 1.29 is 14.3 Å². The molecule has 2 amide bonds. The smallest absolute Gasteiger partial charge is 0.342 e. The molecule has 0 bridgehead atoms. The number of hydrazone groups is 1. The van der Waals surface area contributed by atoms with E-state index in [0.29, 0.717) is 46.9 Å². The van der Waals surface area contributed by atoms with Crippen LogP contribution in [0.15, 0.2) is 71.8 Å². The summed E-state index contributed by atoms with van der Waals surface area (Å²) in [7, 11) is 0. The van der Waals surface area contributed by atoms with Gasteiger partial charge in [-0.25, -0.2) is 9.80 Å². The second-order valence-electron chi connectivity index (χ2n) is 7.46. The number of halogens is 2. The van der Waals surface area contributed by atoms with Crippen LogP contribution in [0.25, 0.3) is 0 Å². The molecule has 0 saturated heterocycles. The summed E-state index contributed by atoms with van der Waals surface area (Å²) < 4.78 is 11.2. The Morgan fingerprint density at radius 2 is 1.56 bits per heavy atom. The third-order valence-corrected chi connectivity index (χ3v) is 5.85. The predicted octanol–water partition coefficient (Wildman–Crippen LogP) is 6.15. The van der Waals surface area contributed by atoms with Crippen molar-refractivity contribution in [3.05, 3.63) is 87.9 Å². The van der Waals surface area contributed by atoms with Gasteiger partial charge in [-0.2, -0.15) is 5.10 Å². The molecule has 0 fully saturated rings. The van der Waals surface area contributed by atoms with Crippen LogP contribution in [-0.2, 0) is 0 Å². The molecule has 0 radical (unpaired) electrons. The lowest BCUT2D eigenvalue weighted by Crippen LogP contribution is -2.31. The fraction of sp³-hybridized carbons (Fsp3) is 0.167. The first-order valence-corrected chi connectivity index (χ1v) is 10.9. The fourth-order valence-electron chi connectivity index (χ4n) is 3.76. The first kappa shape index (κ1) is 20.7. The van der Waals surface area contributed by atoms with E-state index in [0.717, 1.165) is 16.8 Å². The maximum absolute atomic E-state index is 13.3. The van der Waals surface area contributed by atoms with Gasteiger partial charge >= 0.3 is 6.03 Å². The summed E-state index contributed by atoms with van der Waals surface area (Å²) in [6, 6.07) is 19.6. The highest BCUT2D eigenvalue weighted by Crippen LogP contribution is 2.36. The van der Waals surface area contributed by atoms with E-state index in [1.165, 1.54) is 5.01 Å². The van der Waals surface area contributed by atoms with Gasteiger partial charge in [-0.15, -0.1) is 0 Å². The maximum atomic E-state index is 13.3. The molecule has 8 heteroatoms. The topological polar surface area (TPSA) is 63.2 Å². The van der Waals surface area contributed by atoms with Gasteiger partial charge < -0.3 is 14.8 Å². The van der Waals surface area contributed by atoms with Gasteiger partial charge in [0.05, 0.1) is 11.8 Å². The number of ether oxygens (including phenoxy) is 2. The monoisotopic (exact) mass is 467 g/mol. The summed E-state index contributed by atoms with van der Waals surface area (Å²) in [6.45, 7) is 0.987. The Labute approximate surface area is 195 Å². The quantitative estimate of drug-likeness (QED) is 0.502. The molecule has 0 aliphatic carbocycles. The lowest BCUT2D eigenvalue weighted by molar-refractivity contribution is 0.171. The largest absolute Gasteiger partial charge is 0.486 e. The zero-order valence-electron chi connectivity index (χ0n) is 16.9. The molecule has 3 aromatic carbocycles. The Morgan fingerprint density at radius 1 is 0.906 bits per heavy atom. The summed E-state index contributed by atoms with van der Waals surface area (Å²) >= 11 is 12.1. The van der Waals surface area contributed by atoms with Gasteiger partial charge in [-0.05, 0) is 47.5 Å². The van der Waals surface area contributed by atoms with Crippen LogP contribution in [-0.4, -0.2) is 30.0 Å². The van der Waals surface area contributed by atoms with E-state index in [-0.39, 0.29) is 12.1 Å². The van der Waals surface area contributed by atoms with E-state index < -0.39 is 0 Å². The number of carbonyl (C=O) groups is 1. The van der Waals surface area contributed by atoms with Crippen molar-refractivity contribution in [3.8, 4) is 11.5 Å². The van der Waals surface area contributed by atoms with Crippen LogP contribution < -0.4 is 14.8 Å². The van der Waals surface area contributed by atoms with Crippen LogP contribution in [0, 0.1) is 0 Å². The minimum atomic E-state index is -0.342. The second-order valence-corrected chi connectivity index (χ2v) is 8.33. The van der Waals surface area contributed by atoms with Crippen molar-refractivity contribution in [1.29, 1.82) is 0 Å². The van der Waals surface area contributed by atoms with Crippen molar-refractivity contribution in [2.24, 2.45) is 5.10 Å².